The molecule has 20 heavy (non-hydrogen) atoms. The lowest BCUT2D eigenvalue weighted by molar-refractivity contribution is 0.0691. The minimum Gasteiger partial charge on any atom is -0.476 e. The summed E-state index contributed by atoms with van der Waals surface area (Å²) in [6.45, 7) is 0.685. The molecule has 0 aliphatic carbocycles. The largest absolute Gasteiger partial charge is 0.476 e. The molecule has 2 aromatic heterocycles. The average molecular weight is 292 g/mol. The summed E-state index contributed by atoms with van der Waals surface area (Å²) < 4.78 is 0. The zero-order chi connectivity index (χ0) is 14.5. The van der Waals surface area contributed by atoms with Crippen molar-refractivity contribution in [1.82, 2.24) is 9.97 Å². The molecule has 0 bridgehead atoms. The van der Waals surface area contributed by atoms with Gasteiger partial charge in [0.15, 0.2) is 5.69 Å². The third kappa shape index (κ3) is 3.45. The summed E-state index contributed by atoms with van der Waals surface area (Å²) in [7, 11) is 1.85. The van der Waals surface area contributed by atoms with Gasteiger partial charge < -0.3 is 10.0 Å². The number of carboxylic acid groups (broad SMARTS) is 1. The maximum absolute atomic E-state index is 11.0. The van der Waals surface area contributed by atoms with E-state index < -0.39 is 5.97 Å². The zero-order valence-electron chi connectivity index (χ0n) is 11.0. The minimum absolute atomic E-state index is 0.131. The van der Waals surface area contributed by atoms with Crippen LogP contribution in [0.15, 0.2) is 36.5 Å². The van der Waals surface area contributed by atoms with Gasteiger partial charge in [-0.15, -0.1) is 0 Å². The van der Waals surface area contributed by atoms with E-state index in [1.165, 1.54) is 0 Å². The maximum Gasteiger partial charge on any atom is 0.356 e. The maximum atomic E-state index is 11.0. The molecule has 0 radical (unpaired) electrons. The molecule has 1 N–H and O–H groups in total. The van der Waals surface area contributed by atoms with Gasteiger partial charge in [0.05, 0.1) is 5.02 Å². The minimum atomic E-state index is -1.13. The number of hydrogen-bond acceptors (Lipinski definition) is 4. The normalized spacial score (nSPS) is 10.3. The highest BCUT2D eigenvalue weighted by atomic mass is 35.5. The number of hydrogen-bond donors (Lipinski definition) is 1. The zero-order valence-corrected chi connectivity index (χ0v) is 11.7. The van der Waals surface area contributed by atoms with E-state index in [-0.39, 0.29) is 10.7 Å². The summed E-state index contributed by atoms with van der Waals surface area (Å²) >= 11 is 5.80. The molecule has 6 heteroatoms. The number of nitrogens with zero attached hydrogens (tertiary/aromatic N) is 3. The fraction of sp³-hybridized carbons (Fsp3) is 0.214. The Morgan fingerprint density at radius 1 is 1.35 bits per heavy atom. The molecule has 0 spiro atoms. The van der Waals surface area contributed by atoms with E-state index >= 15 is 0 Å². The van der Waals surface area contributed by atoms with E-state index in [2.05, 4.69) is 9.97 Å². The van der Waals surface area contributed by atoms with Crippen LogP contribution in [-0.2, 0) is 6.42 Å². The number of aromatic nitrogens is 2. The molecule has 5 nitrogen and oxygen atoms in total. The number of rotatable bonds is 5. The van der Waals surface area contributed by atoms with Gasteiger partial charge in [0, 0.05) is 31.9 Å². The van der Waals surface area contributed by atoms with E-state index in [9.17, 15) is 4.79 Å². The lowest BCUT2D eigenvalue weighted by atomic mass is 10.2. The van der Waals surface area contributed by atoms with Crippen molar-refractivity contribution < 1.29 is 9.90 Å². The molecule has 0 amide bonds. The summed E-state index contributed by atoms with van der Waals surface area (Å²) in [4.78, 5) is 21.2. The van der Waals surface area contributed by atoms with Gasteiger partial charge in [-0.3, -0.25) is 4.98 Å². The van der Waals surface area contributed by atoms with Gasteiger partial charge in [0.1, 0.15) is 5.82 Å². The van der Waals surface area contributed by atoms with Crippen molar-refractivity contribution >= 4 is 23.4 Å². The second-order valence-electron chi connectivity index (χ2n) is 4.30. The predicted octanol–water partition coefficient (Wildman–Crippen LogP) is 2.51. The Morgan fingerprint density at radius 2 is 2.15 bits per heavy atom. The Morgan fingerprint density at radius 3 is 2.80 bits per heavy atom. The number of aromatic carboxylic acids is 1. The van der Waals surface area contributed by atoms with Crippen molar-refractivity contribution in [2.45, 2.75) is 6.42 Å². The van der Waals surface area contributed by atoms with Gasteiger partial charge >= 0.3 is 5.97 Å². The van der Waals surface area contributed by atoms with E-state index in [0.29, 0.717) is 12.4 Å². The molecule has 0 saturated heterocycles. The highest BCUT2D eigenvalue weighted by Crippen LogP contribution is 2.18. The Hall–Kier alpha value is -2.14. The molecular weight excluding hydrogens is 278 g/mol. The van der Waals surface area contributed by atoms with E-state index in [0.717, 1.165) is 12.1 Å². The van der Waals surface area contributed by atoms with Crippen LogP contribution in [0, 0.1) is 0 Å². The van der Waals surface area contributed by atoms with Crippen LogP contribution in [0.1, 0.15) is 16.2 Å². The first-order valence-electron chi connectivity index (χ1n) is 6.09. The second-order valence-corrected chi connectivity index (χ2v) is 4.70. The molecule has 0 atom stereocenters. The molecular formula is C14H14ClN3O2. The lowest BCUT2D eigenvalue weighted by Gasteiger charge is -2.18. The van der Waals surface area contributed by atoms with Gasteiger partial charge in [-0.25, -0.2) is 9.78 Å². The third-order valence-electron chi connectivity index (χ3n) is 2.85. The van der Waals surface area contributed by atoms with Crippen molar-refractivity contribution in [3.05, 3.63) is 52.9 Å². The molecule has 2 aromatic rings. The van der Waals surface area contributed by atoms with Crippen LogP contribution in [0.5, 0.6) is 0 Å². The summed E-state index contributed by atoms with van der Waals surface area (Å²) in [5, 5.41) is 9.14. The first-order chi connectivity index (χ1) is 9.58. The number of carboxylic acids is 1. The molecule has 2 heterocycles. The van der Waals surface area contributed by atoms with Crippen molar-refractivity contribution in [2.24, 2.45) is 0 Å². The van der Waals surface area contributed by atoms with Crippen LogP contribution < -0.4 is 4.90 Å². The van der Waals surface area contributed by atoms with Gasteiger partial charge in [-0.1, -0.05) is 17.7 Å². The Kier molecular flexibility index (Phi) is 4.53. The van der Waals surface area contributed by atoms with Crippen LogP contribution >= 0.6 is 11.6 Å². The number of pyridine rings is 2. The Balaban J connectivity index is 2.07. The number of carbonyl (C=O) groups is 1. The van der Waals surface area contributed by atoms with Crippen molar-refractivity contribution in [3.8, 4) is 0 Å². The summed E-state index contributed by atoms with van der Waals surface area (Å²) in [6, 6.07) is 9.00. The molecule has 0 saturated carbocycles. The fourth-order valence-electron chi connectivity index (χ4n) is 1.74. The highest BCUT2D eigenvalue weighted by Gasteiger charge is 2.13. The van der Waals surface area contributed by atoms with Gasteiger partial charge in [0.25, 0.3) is 0 Å². The number of anilines is 1. The summed E-state index contributed by atoms with van der Waals surface area (Å²) in [5.74, 6) is -0.558. The molecule has 0 fully saturated rings. The molecule has 104 valence electrons. The second kappa shape index (κ2) is 6.34. The molecule has 0 aliphatic heterocycles. The molecule has 0 aliphatic rings. The summed E-state index contributed by atoms with van der Waals surface area (Å²) in [5.41, 5.74) is 0.848. The first kappa shape index (κ1) is 14.3. The third-order valence-corrected chi connectivity index (χ3v) is 3.16. The Bertz CT molecular complexity index is 605. The molecule has 0 aromatic carbocycles. The fourth-order valence-corrected chi connectivity index (χ4v) is 1.92. The summed E-state index contributed by atoms with van der Waals surface area (Å²) in [6.07, 6.45) is 2.50. The Labute approximate surface area is 121 Å². The van der Waals surface area contributed by atoms with Crippen molar-refractivity contribution in [3.63, 3.8) is 0 Å². The van der Waals surface area contributed by atoms with E-state index in [1.807, 2.05) is 30.1 Å². The smallest absolute Gasteiger partial charge is 0.356 e. The standard InChI is InChI=1S/C14H14ClN3O2/c1-18(9-7-10-4-2-3-8-16-10)12-6-5-11(15)13(17-12)14(19)20/h2-6,8H,7,9H2,1H3,(H,19,20). The van der Waals surface area contributed by atoms with Crippen LogP contribution in [0.3, 0.4) is 0 Å². The SMILES string of the molecule is CN(CCc1ccccn1)c1ccc(Cl)c(C(=O)O)n1. The molecule has 0 unspecified atom stereocenters. The first-order valence-corrected chi connectivity index (χ1v) is 6.46. The molecule has 2 rings (SSSR count). The van der Waals surface area contributed by atoms with E-state index in [1.54, 1.807) is 18.3 Å². The van der Waals surface area contributed by atoms with Gasteiger partial charge in [0.2, 0.25) is 0 Å². The number of likely N-dealkylation sites (N-methyl/N-ethyl adjacent to an activating group) is 1. The van der Waals surface area contributed by atoms with Crippen LogP contribution in [0.2, 0.25) is 5.02 Å². The van der Waals surface area contributed by atoms with Crippen LogP contribution in [-0.4, -0.2) is 34.6 Å². The van der Waals surface area contributed by atoms with Gasteiger partial charge in [-0.2, -0.15) is 0 Å². The quantitative estimate of drug-likeness (QED) is 0.917. The van der Waals surface area contributed by atoms with Gasteiger partial charge in [-0.05, 0) is 24.3 Å². The van der Waals surface area contributed by atoms with Crippen LogP contribution in [0.25, 0.3) is 0 Å². The van der Waals surface area contributed by atoms with Crippen molar-refractivity contribution in [1.29, 1.82) is 0 Å². The lowest BCUT2D eigenvalue weighted by Crippen LogP contribution is -2.22. The van der Waals surface area contributed by atoms with Crippen molar-refractivity contribution in [2.75, 3.05) is 18.5 Å². The van der Waals surface area contributed by atoms with Crippen LogP contribution in [0.4, 0.5) is 5.82 Å². The topological polar surface area (TPSA) is 66.3 Å². The van der Waals surface area contributed by atoms with E-state index in [4.69, 9.17) is 16.7 Å². The monoisotopic (exact) mass is 291 g/mol. The average Bonchev–Trinajstić information content (AvgIpc) is 2.46. The predicted molar refractivity (Wildman–Crippen MR) is 77.4 cm³/mol. The number of halogens is 1. The highest BCUT2D eigenvalue weighted by molar-refractivity contribution is 6.33.